The molecule has 1 fully saturated rings. The highest BCUT2D eigenvalue weighted by Crippen LogP contribution is 2.29. The topological polar surface area (TPSA) is 19.4 Å². The van der Waals surface area contributed by atoms with Gasteiger partial charge in [0.1, 0.15) is 5.82 Å². The molecule has 3 nitrogen and oxygen atoms in total. The van der Waals surface area contributed by atoms with Gasteiger partial charge in [0.05, 0.1) is 4.47 Å². The van der Waals surface area contributed by atoms with E-state index in [1.165, 1.54) is 19.4 Å². The van der Waals surface area contributed by atoms with Gasteiger partial charge in [-0.05, 0) is 70.8 Å². The molecule has 0 atom stereocenters. The zero-order valence-corrected chi connectivity index (χ0v) is 14.0. The molecule has 0 saturated carbocycles. The molecule has 0 unspecified atom stereocenters. The molecular weight excluding hydrogens is 358 g/mol. The molecule has 0 aliphatic carbocycles. The molecule has 5 heteroatoms. The van der Waals surface area contributed by atoms with Gasteiger partial charge in [0, 0.05) is 30.3 Å². The van der Waals surface area contributed by atoms with Crippen molar-refractivity contribution in [3.05, 3.63) is 21.2 Å². The highest BCUT2D eigenvalue weighted by atomic mass is 79.9. The van der Waals surface area contributed by atoms with E-state index in [-0.39, 0.29) is 0 Å². The van der Waals surface area contributed by atoms with Crippen LogP contribution < -0.4 is 4.90 Å². The van der Waals surface area contributed by atoms with Crippen LogP contribution in [0.1, 0.15) is 12.8 Å². The average Bonchev–Trinajstić information content (AvgIpc) is 2.30. The van der Waals surface area contributed by atoms with E-state index < -0.39 is 0 Å². The smallest absolute Gasteiger partial charge is 0.142 e. The van der Waals surface area contributed by atoms with Gasteiger partial charge in [-0.2, -0.15) is 0 Å². The van der Waals surface area contributed by atoms with Crippen molar-refractivity contribution in [2.24, 2.45) is 5.92 Å². The van der Waals surface area contributed by atoms with E-state index in [2.05, 4.69) is 66.8 Å². The Morgan fingerprint density at radius 2 is 2.00 bits per heavy atom. The number of aromatic nitrogens is 1. The molecule has 0 amide bonds. The van der Waals surface area contributed by atoms with Crippen LogP contribution in [-0.4, -0.2) is 43.6 Å². The van der Waals surface area contributed by atoms with E-state index >= 15 is 0 Å². The summed E-state index contributed by atoms with van der Waals surface area (Å²) in [5, 5.41) is 0. The van der Waals surface area contributed by atoms with Crippen molar-refractivity contribution in [1.29, 1.82) is 0 Å². The van der Waals surface area contributed by atoms with Gasteiger partial charge in [-0.15, -0.1) is 0 Å². The first-order chi connectivity index (χ1) is 8.56. The molecule has 1 aliphatic heterocycles. The van der Waals surface area contributed by atoms with Gasteiger partial charge in [0.25, 0.3) is 0 Å². The minimum Gasteiger partial charge on any atom is -0.356 e. The van der Waals surface area contributed by atoms with Crippen LogP contribution in [0.5, 0.6) is 0 Å². The number of pyridine rings is 1. The molecule has 1 aliphatic rings. The second-order valence-electron chi connectivity index (χ2n) is 5.15. The predicted molar refractivity (Wildman–Crippen MR) is 83.1 cm³/mol. The molecular formula is C13H19Br2N3. The van der Waals surface area contributed by atoms with E-state index in [4.69, 9.17) is 0 Å². The van der Waals surface area contributed by atoms with Gasteiger partial charge in [0.15, 0.2) is 0 Å². The highest BCUT2D eigenvalue weighted by molar-refractivity contribution is 9.11. The Bertz CT molecular complexity index is 401. The molecule has 1 aromatic heterocycles. The summed E-state index contributed by atoms with van der Waals surface area (Å²) in [6.45, 7) is 3.40. The number of piperidine rings is 1. The molecule has 2 heterocycles. The maximum atomic E-state index is 4.51. The fraction of sp³-hybridized carbons (Fsp3) is 0.615. The third-order valence-corrected chi connectivity index (χ3v) is 4.34. The minimum absolute atomic E-state index is 0.825. The third-order valence-electron chi connectivity index (χ3n) is 3.33. The molecule has 0 radical (unpaired) electrons. The number of halogens is 2. The molecule has 0 bridgehead atoms. The van der Waals surface area contributed by atoms with Gasteiger partial charge in [-0.3, -0.25) is 0 Å². The van der Waals surface area contributed by atoms with Crippen molar-refractivity contribution in [2.75, 3.05) is 38.6 Å². The first kappa shape index (κ1) is 14.3. The van der Waals surface area contributed by atoms with E-state index in [1.807, 2.05) is 6.20 Å². The Hall–Kier alpha value is -0.130. The van der Waals surface area contributed by atoms with Crippen LogP contribution >= 0.6 is 31.9 Å². The Labute approximate surface area is 126 Å². The van der Waals surface area contributed by atoms with Crippen molar-refractivity contribution in [2.45, 2.75) is 12.8 Å². The number of hydrogen-bond acceptors (Lipinski definition) is 3. The monoisotopic (exact) mass is 375 g/mol. The third kappa shape index (κ3) is 3.68. The predicted octanol–water partition coefficient (Wildman–Crippen LogP) is 3.38. The lowest BCUT2D eigenvalue weighted by Crippen LogP contribution is -2.37. The summed E-state index contributed by atoms with van der Waals surface area (Å²) >= 11 is 7.04. The minimum atomic E-state index is 0.825. The van der Waals surface area contributed by atoms with E-state index in [9.17, 15) is 0 Å². The van der Waals surface area contributed by atoms with E-state index in [1.54, 1.807) is 0 Å². The normalized spacial score (nSPS) is 17.5. The van der Waals surface area contributed by atoms with E-state index in [0.29, 0.717) is 0 Å². The van der Waals surface area contributed by atoms with E-state index in [0.717, 1.165) is 33.8 Å². The highest BCUT2D eigenvalue weighted by Gasteiger charge is 2.21. The van der Waals surface area contributed by atoms with Crippen LogP contribution in [-0.2, 0) is 0 Å². The Morgan fingerprint density at radius 1 is 1.33 bits per heavy atom. The second-order valence-corrected chi connectivity index (χ2v) is 6.92. The first-order valence-corrected chi connectivity index (χ1v) is 7.85. The molecule has 2 rings (SSSR count). The zero-order valence-electron chi connectivity index (χ0n) is 10.9. The van der Waals surface area contributed by atoms with Gasteiger partial charge in [-0.1, -0.05) is 0 Å². The first-order valence-electron chi connectivity index (χ1n) is 6.27. The maximum absolute atomic E-state index is 4.51. The number of hydrogen-bond donors (Lipinski definition) is 0. The van der Waals surface area contributed by atoms with Crippen LogP contribution in [0.25, 0.3) is 0 Å². The van der Waals surface area contributed by atoms with Crippen LogP contribution in [0.2, 0.25) is 0 Å². The number of anilines is 1. The lowest BCUT2D eigenvalue weighted by atomic mass is 9.96. The fourth-order valence-electron chi connectivity index (χ4n) is 2.48. The van der Waals surface area contributed by atoms with Gasteiger partial charge in [0.2, 0.25) is 0 Å². The summed E-state index contributed by atoms with van der Waals surface area (Å²) < 4.78 is 2.09. The summed E-state index contributed by atoms with van der Waals surface area (Å²) in [5.41, 5.74) is 0. The molecule has 1 aromatic rings. The average molecular weight is 377 g/mol. The molecule has 100 valence electrons. The van der Waals surface area contributed by atoms with Gasteiger partial charge >= 0.3 is 0 Å². The Morgan fingerprint density at radius 3 is 2.56 bits per heavy atom. The van der Waals surface area contributed by atoms with Crippen molar-refractivity contribution in [3.8, 4) is 0 Å². The van der Waals surface area contributed by atoms with Gasteiger partial charge in [-0.25, -0.2) is 4.98 Å². The van der Waals surface area contributed by atoms with Crippen molar-refractivity contribution >= 4 is 37.7 Å². The lowest BCUT2D eigenvalue weighted by Gasteiger charge is -2.34. The summed E-state index contributed by atoms with van der Waals surface area (Å²) in [4.78, 5) is 9.17. The molecule has 0 aromatic carbocycles. The summed E-state index contributed by atoms with van der Waals surface area (Å²) in [6, 6.07) is 2.06. The Kier molecular flexibility index (Phi) is 5.04. The van der Waals surface area contributed by atoms with Crippen LogP contribution in [0.4, 0.5) is 5.82 Å². The van der Waals surface area contributed by atoms with Crippen LogP contribution in [0, 0.1) is 5.92 Å². The van der Waals surface area contributed by atoms with Gasteiger partial charge < -0.3 is 9.80 Å². The largest absolute Gasteiger partial charge is 0.356 e. The summed E-state index contributed by atoms with van der Waals surface area (Å²) in [6.07, 6.45) is 4.37. The van der Waals surface area contributed by atoms with Crippen LogP contribution in [0.15, 0.2) is 21.2 Å². The number of nitrogens with zero attached hydrogens (tertiary/aromatic N) is 3. The summed E-state index contributed by atoms with van der Waals surface area (Å²) in [7, 11) is 4.30. The zero-order chi connectivity index (χ0) is 13.1. The molecule has 0 N–H and O–H groups in total. The van der Waals surface area contributed by atoms with Crippen molar-refractivity contribution in [1.82, 2.24) is 9.88 Å². The van der Waals surface area contributed by atoms with Crippen LogP contribution in [0.3, 0.4) is 0 Å². The lowest BCUT2D eigenvalue weighted by molar-refractivity contribution is 0.284. The fourth-order valence-corrected chi connectivity index (χ4v) is 3.72. The van der Waals surface area contributed by atoms with Crippen molar-refractivity contribution < 1.29 is 0 Å². The summed E-state index contributed by atoms with van der Waals surface area (Å²) in [5.74, 6) is 1.90. The maximum Gasteiger partial charge on any atom is 0.142 e. The molecule has 18 heavy (non-hydrogen) atoms. The quantitative estimate of drug-likeness (QED) is 0.805. The SMILES string of the molecule is CN(C)CC1CCN(c2ncc(Br)cc2Br)CC1. The second kappa shape index (κ2) is 6.35. The van der Waals surface area contributed by atoms with Crippen molar-refractivity contribution in [3.63, 3.8) is 0 Å². The molecule has 1 saturated heterocycles. The number of rotatable bonds is 3. The Balaban J connectivity index is 1.97. The molecule has 0 spiro atoms. The standard InChI is InChI=1S/C13H19Br2N3/c1-17(2)9-10-3-5-18(6-4-10)13-12(15)7-11(14)8-16-13/h7-8,10H,3-6,9H2,1-2H3.